The van der Waals surface area contributed by atoms with Gasteiger partial charge in [0.2, 0.25) is 5.91 Å². The lowest BCUT2D eigenvalue weighted by atomic mass is 10.2. The highest BCUT2D eigenvalue weighted by Crippen LogP contribution is 2.34. The molecule has 4 aromatic rings. The van der Waals surface area contributed by atoms with E-state index in [1.54, 1.807) is 13.1 Å². The molecule has 0 radical (unpaired) electrons. The van der Waals surface area contributed by atoms with Crippen molar-refractivity contribution in [1.82, 2.24) is 19.8 Å². The van der Waals surface area contributed by atoms with Crippen LogP contribution in [-0.2, 0) is 11.3 Å². The number of likely N-dealkylation sites (tertiary alicyclic amines) is 2. The van der Waals surface area contributed by atoms with Crippen LogP contribution in [0.25, 0.3) is 21.3 Å². The average molecular weight is 420 g/mol. The number of pyridine rings is 1. The Bertz CT molecular complexity index is 1230. The molecule has 2 bridgehead atoms. The molecule has 0 saturated carbocycles. The minimum atomic E-state index is 0.183. The lowest BCUT2D eigenvalue weighted by Gasteiger charge is -2.33. The molecular weight excluding hydrogens is 400 g/mol. The Labute approximate surface area is 176 Å². The van der Waals surface area contributed by atoms with Gasteiger partial charge in [0.25, 0.3) is 5.19 Å². The van der Waals surface area contributed by atoms with Gasteiger partial charge >= 0.3 is 0 Å². The Morgan fingerprint density at radius 2 is 2.20 bits per heavy atom. The molecule has 30 heavy (non-hydrogen) atoms. The number of benzene rings is 1. The van der Waals surface area contributed by atoms with Crippen LogP contribution in [0.5, 0.6) is 10.9 Å². The summed E-state index contributed by atoms with van der Waals surface area (Å²) in [6, 6.07) is 12.6. The quantitative estimate of drug-likeness (QED) is 0.496. The van der Waals surface area contributed by atoms with Crippen LogP contribution >= 0.6 is 11.3 Å². The van der Waals surface area contributed by atoms with Crippen LogP contribution in [0.1, 0.15) is 19.1 Å². The van der Waals surface area contributed by atoms with Gasteiger partial charge in [0.05, 0.1) is 11.2 Å². The highest BCUT2D eigenvalue weighted by atomic mass is 32.1. The van der Waals surface area contributed by atoms with Crippen LogP contribution in [0, 0.1) is 0 Å². The molecule has 6 rings (SSSR count). The number of aromatic nitrogens is 2. The summed E-state index contributed by atoms with van der Waals surface area (Å²) in [5.74, 6) is 1.82. The van der Waals surface area contributed by atoms with Crippen LogP contribution in [0.2, 0.25) is 0 Å². The Morgan fingerprint density at radius 1 is 1.27 bits per heavy atom. The SMILES string of the molecule is CC(=O)N1CC2CC1CN2Cc1cc2ccc(Oc3nc4ncccc4s3)cc2o1. The second kappa shape index (κ2) is 6.78. The average Bonchev–Trinajstić information content (AvgIpc) is 3.49. The van der Waals surface area contributed by atoms with E-state index in [-0.39, 0.29) is 5.91 Å². The molecule has 2 aliphatic rings. The number of hydrogen-bond acceptors (Lipinski definition) is 7. The molecule has 0 aliphatic carbocycles. The van der Waals surface area contributed by atoms with Crippen molar-refractivity contribution >= 4 is 38.6 Å². The lowest BCUT2D eigenvalue weighted by molar-refractivity contribution is -0.131. The summed E-state index contributed by atoms with van der Waals surface area (Å²) in [5, 5.41) is 1.62. The van der Waals surface area contributed by atoms with Crippen LogP contribution < -0.4 is 4.74 Å². The number of thiazole rings is 1. The molecule has 2 atom stereocenters. The molecule has 0 N–H and O–H groups in total. The number of rotatable bonds is 4. The summed E-state index contributed by atoms with van der Waals surface area (Å²) in [6.07, 6.45) is 2.79. The number of amides is 1. The summed E-state index contributed by atoms with van der Waals surface area (Å²) in [6.45, 7) is 4.17. The zero-order chi connectivity index (χ0) is 20.2. The molecule has 0 spiro atoms. The van der Waals surface area contributed by atoms with Crippen molar-refractivity contribution in [2.24, 2.45) is 0 Å². The molecule has 3 aromatic heterocycles. The van der Waals surface area contributed by atoms with Crippen molar-refractivity contribution < 1.29 is 13.9 Å². The fraction of sp³-hybridized carbons (Fsp3) is 0.318. The monoisotopic (exact) mass is 420 g/mol. The second-order valence-electron chi connectivity index (χ2n) is 7.96. The van der Waals surface area contributed by atoms with Gasteiger partial charge in [0.1, 0.15) is 17.1 Å². The maximum absolute atomic E-state index is 11.7. The lowest BCUT2D eigenvalue weighted by Crippen LogP contribution is -2.47. The zero-order valence-corrected chi connectivity index (χ0v) is 17.3. The molecule has 2 fully saturated rings. The van der Waals surface area contributed by atoms with Crippen LogP contribution in [0.15, 0.2) is 47.0 Å². The molecule has 1 amide bonds. The summed E-state index contributed by atoms with van der Waals surface area (Å²) >= 11 is 1.47. The van der Waals surface area contributed by atoms with Gasteiger partial charge in [0.15, 0.2) is 5.65 Å². The fourth-order valence-corrected chi connectivity index (χ4v) is 5.42. The third-order valence-corrected chi connectivity index (χ3v) is 6.90. The number of furan rings is 1. The van der Waals surface area contributed by atoms with Crippen LogP contribution in [-0.4, -0.2) is 50.8 Å². The second-order valence-corrected chi connectivity index (χ2v) is 8.96. The van der Waals surface area contributed by atoms with Gasteiger partial charge in [-0.2, -0.15) is 4.98 Å². The predicted molar refractivity (Wildman–Crippen MR) is 114 cm³/mol. The van der Waals surface area contributed by atoms with Crippen molar-refractivity contribution in [2.75, 3.05) is 13.1 Å². The largest absolute Gasteiger partial charge is 0.460 e. The Hall–Kier alpha value is -2.97. The van der Waals surface area contributed by atoms with Gasteiger partial charge in [-0.25, -0.2) is 4.98 Å². The van der Waals surface area contributed by atoms with Crippen molar-refractivity contribution in [3.8, 4) is 10.9 Å². The summed E-state index contributed by atoms with van der Waals surface area (Å²) in [7, 11) is 0. The number of nitrogens with zero attached hydrogens (tertiary/aromatic N) is 4. The van der Waals surface area contributed by atoms with Gasteiger partial charge in [-0.15, -0.1) is 0 Å². The van der Waals surface area contributed by atoms with E-state index >= 15 is 0 Å². The summed E-state index contributed by atoms with van der Waals surface area (Å²) in [4.78, 5) is 24.8. The van der Waals surface area contributed by atoms with Gasteiger partial charge in [0, 0.05) is 49.7 Å². The van der Waals surface area contributed by atoms with Gasteiger partial charge < -0.3 is 14.1 Å². The van der Waals surface area contributed by atoms with E-state index in [0.717, 1.165) is 47.5 Å². The Kier molecular flexibility index (Phi) is 4.04. The fourth-order valence-electron chi connectivity index (χ4n) is 4.63. The van der Waals surface area contributed by atoms with E-state index < -0.39 is 0 Å². The van der Waals surface area contributed by atoms with Gasteiger partial charge in [-0.05, 0) is 36.8 Å². The molecule has 1 aromatic carbocycles. The van der Waals surface area contributed by atoms with E-state index in [2.05, 4.69) is 20.9 Å². The molecule has 2 saturated heterocycles. The van der Waals surface area contributed by atoms with E-state index in [1.165, 1.54) is 11.3 Å². The molecule has 152 valence electrons. The molecule has 7 nitrogen and oxygen atoms in total. The normalized spacial score (nSPS) is 21.2. The van der Waals surface area contributed by atoms with Crippen molar-refractivity contribution in [3.05, 3.63) is 48.4 Å². The minimum Gasteiger partial charge on any atom is -0.460 e. The molecule has 8 heteroatoms. The third kappa shape index (κ3) is 3.03. The smallest absolute Gasteiger partial charge is 0.281 e. The predicted octanol–water partition coefficient (Wildman–Crippen LogP) is 4.03. The van der Waals surface area contributed by atoms with Crippen molar-refractivity contribution in [1.29, 1.82) is 0 Å². The maximum atomic E-state index is 11.7. The first-order chi connectivity index (χ1) is 14.6. The number of carbonyl (C=O) groups excluding carboxylic acids is 1. The van der Waals surface area contributed by atoms with Gasteiger partial charge in [-0.1, -0.05) is 11.3 Å². The minimum absolute atomic E-state index is 0.183. The molecule has 2 unspecified atom stereocenters. The number of hydrogen-bond donors (Lipinski definition) is 0. The van der Waals surface area contributed by atoms with Gasteiger partial charge in [-0.3, -0.25) is 9.69 Å². The highest BCUT2D eigenvalue weighted by molar-refractivity contribution is 7.20. The van der Waals surface area contributed by atoms with Crippen molar-refractivity contribution in [2.45, 2.75) is 32.0 Å². The maximum Gasteiger partial charge on any atom is 0.281 e. The summed E-state index contributed by atoms with van der Waals surface area (Å²) in [5.41, 5.74) is 1.50. The number of ether oxygens (including phenoxy) is 1. The first-order valence-electron chi connectivity index (χ1n) is 10.1. The Morgan fingerprint density at radius 3 is 3.00 bits per heavy atom. The van der Waals surface area contributed by atoms with E-state index in [0.29, 0.717) is 28.7 Å². The van der Waals surface area contributed by atoms with Crippen LogP contribution in [0.4, 0.5) is 0 Å². The highest BCUT2D eigenvalue weighted by Gasteiger charge is 2.44. The topological polar surface area (TPSA) is 71.7 Å². The third-order valence-electron chi connectivity index (χ3n) is 6.01. The van der Waals surface area contributed by atoms with Crippen LogP contribution in [0.3, 0.4) is 0 Å². The Balaban J connectivity index is 1.19. The number of fused-ring (bicyclic) bond motifs is 4. The number of carbonyl (C=O) groups is 1. The standard InChI is InChI=1S/C22H20N4O3S/c1-13(27)26-11-15-8-16(26)10-25(15)12-18-7-14-4-5-17(9-19(14)28-18)29-22-24-21-20(30-22)3-2-6-23-21/h2-7,9,15-16H,8,10-12H2,1H3. The van der Waals surface area contributed by atoms with E-state index in [9.17, 15) is 4.79 Å². The van der Waals surface area contributed by atoms with Crippen molar-refractivity contribution in [3.63, 3.8) is 0 Å². The first kappa shape index (κ1) is 17.9. The van der Waals surface area contributed by atoms with E-state index in [1.807, 2.05) is 35.2 Å². The zero-order valence-electron chi connectivity index (χ0n) is 16.4. The molecule has 5 heterocycles. The molecular formula is C22H20N4O3S. The number of piperazine rings is 1. The first-order valence-corrected chi connectivity index (χ1v) is 10.9. The molecule has 2 aliphatic heterocycles. The summed E-state index contributed by atoms with van der Waals surface area (Å²) < 4.78 is 13.1. The van der Waals surface area contributed by atoms with E-state index in [4.69, 9.17) is 9.15 Å².